The number of benzene rings is 2. The molecule has 0 aliphatic carbocycles. The van der Waals surface area contributed by atoms with E-state index in [-0.39, 0.29) is 34.7 Å². The van der Waals surface area contributed by atoms with Crippen LogP contribution < -0.4 is 24.8 Å². The second-order valence-corrected chi connectivity index (χ2v) is 7.75. The molecular weight excluding hydrogens is 444 g/mol. The quantitative estimate of drug-likeness (QED) is 0.445. The second kappa shape index (κ2) is 11.2. The molecule has 3 amide bonds. The number of likely N-dealkylation sites (tertiary alicyclic amines) is 1. The number of hydrogen-bond acceptors (Lipinski definition) is 7. The van der Waals surface area contributed by atoms with Crippen LogP contribution in [0.25, 0.3) is 0 Å². The van der Waals surface area contributed by atoms with E-state index in [2.05, 4.69) is 10.6 Å². The highest BCUT2D eigenvalue weighted by atomic mass is 16.6. The molecule has 3 rings (SSSR count). The number of carbonyl (C=O) groups excluding carboxylic acids is 2. The maximum Gasteiger partial charge on any atom is 0.321 e. The number of para-hydroxylation sites is 2. The Morgan fingerprint density at radius 2 is 1.65 bits per heavy atom. The summed E-state index contributed by atoms with van der Waals surface area (Å²) in [7, 11) is 4.30. The van der Waals surface area contributed by atoms with E-state index in [0.29, 0.717) is 43.9 Å². The van der Waals surface area contributed by atoms with Crippen molar-refractivity contribution in [2.24, 2.45) is 5.92 Å². The number of piperidine rings is 1. The Morgan fingerprint density at radius 1 is 1.03 bits per heavy atom. The van der Waals surface area contributed by atoms with Gasteiger partial charge in [0.25, 0.3) is 11.6 Å². The van der Waals surface area contributed by atoms with Crippen molar-refractivity contribution in [1.82, 2.24) is 10.2 Å². The molecule has 0 radical (unpaired) electrons. The number of urea groups is 1. The van der Waals surface area contributed by atoms with E-state index >= 15 is 0 Å². The van der Waals surface area contributed by atoms with Gasteiger partial charge in [0.15, 0.2) is 11.5 Å². The van der Waals surface area contributed by atoms with Crippen molar-refractivity contribution in [3.05, 3.63) is 52.1 Å². The van der Waals surface area contributed by atoms with Crippen molar-refractivity contribution < 1.29 is 28.7 Å². The lowest BCUT2D eigenvalue weighted by Crippen LogP contribution is -2.43. The van der Waals surface area contributed by atoms with Gasteiger partial charge in [-0.05, 0) is 30.9 Å². The third-order valence-electron chi connectivity index (χ3n) is 5.74. The number of nitro groups is 1. The molecule has 182 valence electrons. The first kappa shape index (κ1) is 24.6. The number of ether oxygens (including phenoxy) is 3. The molecular formula is C23H28N4O7. The van der Waals surface area contributed by atoms with Crippen molar-refractivity contribution in [3.63, 3.8) is 0 Å². The van der Waals surface area contributed by atoms with E-state index in [1.807, 2.05) is 12.1 Å². The molecule has 0 unspecified atom stereocenters. The fourth-order valence-corrected chi connectivity index (χ4v) is 3.82. The number of nitro benzene ring substituents is 1. The first-order valence-corrected chi connectivity index (χ1v) is 10.8. The van der Waals surface area contributed by atoms with Crippen LogP contribution in [0.2, 0.25) is 0 Å². The standard InChI is InChI=1S/C23H28N4O7/c1-32-19-7-5-4-6-17(19)25-23(29)26-10-8-15(9-11-26)14-24-22(28)16-12-20(33-2)21(34-3)13-18(16)27(30)31/h4-7,12-13,15H,8-11,14H2,1-3H3,(H,24,28)(H,25,29). The van der Waals surface area contributed by atoms with Crippen molar-refractivity contribution >= 4 is 23.3 Å². The summed E-state index contributed by atoms with van der Waals surface area (Å²) in [6.45, 7) is 1.39. The monoisotopic (exact) mass is 472 g/mol. The van der Waals surface area contributed by atoms with Gasteiger partial charge in [-0.3, -0.25) is 14.9 Å². The topological polar surface area (TPSA) is 132 Å². The number of methoxy groups -OCH3 is 3. The molecule has 0 bridgehead atoms. The summed E-state index contributed by atoms with van der Waals surface area (Å²) in [4.78, 5) is 37.9. The van der Waals surface area contributed by atoms with Gasteiger partial charge in [0.2, 0.25) is 0 Å². The van der Waals surface area contributed by atoms with E-state index in [0.717, 1.165) is 0 Å². The summed E-state index contributed by atoms with van der Waals surface area (Å²) >= 11 is 0. The zero-order valence-electron chi connectivity index (χ0n) is 19.3. The zero-order valence-corrected chi connectivity index (χ0v) is 19.3. The Kier molecular flexibility index (Phi) is 8.12. The van der Waals surface area contributed by atoms with Crippen LogP contribution in [-0.4, -0.2) is 62.7 Å². The number of nitrogens with zero attached hydrogens (tertiary/aromatic N) is 2. The molecule has 0 saturated carbocycles. The number of anilines is 1. The summed E-state index contributed by atoms with van der Waals surface area (Å²) in [6.07, 6.45) is 1.38. The number of amides is 3. The summed E-state index contributed by atoms with van der Waals surface area (Å²) in [6, 6.07) is 9.44. The van der Waals surface area contributed by atoms with Crippen LogP contribution in [0.15, 0.2) is 36.4 Å². The lowest BCUT2D eigenvalue weighted by molar-refractivity contribution is -0.385. The van der Waals surface area contributed by atoms with E-state index in [1.165, 1.54) is 26.4 Å². The molecule has 1 fully saturated rings. The molecule has 0 aromatic heterocycles. The fraction of sp³-hybridized carbons (Fsp3) is 0.391. The molecule has 2 N–H and O–H groups in total. The molecule has 1 aliphatic heterocycles. The molecule has 0 atom stereocenters. The molecule has 11 heteroatoms. The van der Waals surface area contributed by atoms with Gasteiger partial charge in [0.05, 0.1) is 38.0 Å². The molecule has 1 aliphatic rings. The molecule has 11 nitrogen and oxygen atoms in total. The Morgan fingerprint density at radius 3 is 2.26 bits per heavy atom. The maximum atomic E-state index is 12.7. The van der Waals surface area contributed by atoms with Crippen LogP contribution in [0.4, 0.5) is 16.2 Å². The summed E-state index contributed by atoms with van der Waals surface area (Å²) in [5, 5.41) is 17.1. The molecule has 2 aromatic rings. The van der Waals surface area contributed by atoms with Crippen LogP contribution in [-0.2, 0) is 0 Å². The predicted octanol–water partition coefficient (Wildman–Crippen LogP) is 3.29. The average molecular weight is 472 g/mol. The number of hydrogen-bond donors (Lipinski definition) is 2. The van der Waals surface area contributed by atoms with Crippen LogP contribution >= 0.6 is 0 Å². The van der Waals surface area contributed by atoms with Crippen LogP contribution in [0.1, 0.15) is 23.2 Å². The molecule has 0 spiro atoms. The number of nitrogens with one attached hydrogen (secondary N) is 2. The molecule has 1 heterocycles. The molecule has 34 heavy (non-hydrogen) atoms. The van der Waals surface area contributed by atoms with Gasteiger partial charge < -0.3 is 29.7 Å². The minimum absolute atomic E-state index is 0.101. The first-order valence-electron chi connectivity index (χ1n) is 10.8. The van der Waals surface area contributed by atoms with Gasteiger partial charge >= 0.3 is 6.03 Å². The highest BCUT2D eigenvalue weighted by molar-refractivity contribution is 5.99. The lowest BCUT2D eigenvalue weighted by atomic mass is 9.97. The Bertz CT molecular complexity index is 1050. The van der Waals surface area contributed by atoms with Crippen LogP contribution in [0.3, 0.4) is 0 Å². The minimum atomic E-state index is -0.629. The zero-order chi connectivity index (χ0) is 24.7. The molecule has 1 saturated heterocycles. The van der Waals surface area contributed by atoms with Crippen molar-refractivity contribution in [3.8, 4) is 17.2 Å². The van der Waals surface area contributed by atoms with E-state index in [9.17, 15) is 19.7 Å². The van der Waals surface area contributed by atoms with Crippen LogP contribution in [0, 0.1) is 16.0 Å². The van der Waals surface area contributed by atoms with Crippen molar-refractivity contribution in [1.29, 1.82) is 0 Å². The summed E-state index contributed by atoms with van der Waals surface area (Å²) in [5.74, 6) is 0.553. The van der Waals surface area contributed by atoms with Gasteiger partial charge in [-0.25, -0.2) is 4.79 Å². The van der Waals surface area contributed by atoms with Gasteiger partial charge in [-0.15, -0.1) is 0 Å². The maximum absolute atomic E-state index is 12.7. The van der Waals surface area contributed by atoms with Crippen molar-refractivity contribution in [2.45, 2.75) is 12.8 Å². The van der Waals surface area contributed by atoms with Gasteiger partial charge in [-0.2, -0.15) is 0 Å². The van der Waals surface area contributed by atoms with Gasteiger partial charge in [-0.1, -0.05) is 12.1 Å². The van der Waals surface area contributed by atoms with Crippen molar-refractivity contribution in [2.75, 3.05) is 46.3 Å². The number of rotatable bonds is 8. The van der Waals surface area contributed by atoms with Crippen LogP contribution in [0.5, 0.6) is 17.2 Å². The normalized spacial score (nSPS) is 13.7. The second-order valence-electron chi connectivity index (χ2n) is 7.75. The predicted molar refractivity (Wildman–Crippen MR) is 125 cm³/mol. The fourth-order valence-electron chi connectivity index (χ4n) is 3.82. The summed E-state index contributed by atoms with van der Waals surface area (Å²) < 4.78 is 15.5. The van der Waals surface area contributed by atoms with E-state index in [1.54, 1.807) is 24.1 Å². The highest BCUT2D eigenvalue weighted by Crippen LogP contribution is 2.34. The third kappa shape index (κ3) is 5.66. The Hall–Kier alpha value is -4.02. The van der Waals surface area contributed by atoms with E-state index in [4.69, 9.17) is 14.2 Å². The average Bonchev–Trinajstić information content (AvgIpc) is 2.86. The molecule has 2 aromatic carbocycles. The highest BCUT2D eigenvalue weighted by Gasteiger charge is 2.27. The minimum Gasteiger partial charge on any atom is -0.495 e. The Balaban J connectivity index is 1.55. The summed E-state index contributed by atoms with van der Waals surface area (Å²) in [5.41, 5.74) is 0.134. The Labute approximate surface area is 197 Å². The SMILES string of the molecule is COc1ccccc1NC(=O)N1CCC(CNC(=O)c2cc(OC)c(OC)cc2[N+](=O)[O-])CC1. The lowest BCUT2D eigenvalue weighted by Gasteiger charge is -2.32. The number of carbonyl (C=O) groups is 2. The van der Waals surface area contributed by atoms with Gasteiger partial charge in [0, 0.05) is 25.7 Å². The first-order chi connectivity index (χ1) is 16.4. The van der Waals surface area contributed by atoms with Gasteiger partial charge in [0.1, 0.15) is 11.3 Å². The third-order valence-corrected chi connectivity index (χ3v) is 5.74. The largest absolute Gasteiger partial charge is 0.495 e. The smallest absolute Gasteiger partial charge is 0.321 e. The van der Waals surface area contributed by atoms with E-state index < -0.39 is 10.8 Å².